The number of rotatable bonds is 3. The minimum absolute atomic E-state index is 0.00179. The molecule has 1 aliphatic heterocycles. The zero-order valence-corrected chi connectivity index (χ0v) is 9.98. The van der Waals surface area contributed by atoms with E-state index in [0.717, 1.165) is 10.2 Å². The van der Waals surface area contributed by atoms with Gasteiger partial charge in [0, 0.05) is 16.6 Å². The SMILES string of the molecule is O=C(O)CC1CC(=O)N1c1ccc(Br)cc1. The first kappa shape index (κ1) is 11.1. The van der Waals surface area contributed by atoms with E-state index in [9.17, 15) is 9.59 Å². The first-order chi connectivity index (χ1) is 7.58. The van der Waals surface area contributed by atoms with Crippen LogP contribution in [0.2, 0.25) is 0 Å². The van der Waals surface area contributed by atoms with Crippen molar-refractivity contribution < 1.29 is 14.7 Å². The van der Waals surface area contributed by atoms with Gasteiger partial charge in [0.1, 0.15) is 0 Å². The van der Waals surface area contributed by atoms with Crippen LogP contribution in [0.5, 0.6) is 0 Å². The Morgan fingerprint density at radius 3 is 2.56 bits per heavy atom. The number of aliphatic carboxylic acids is 1. The van der Waals surface area contributed by atoms with Gasteiger partial charge in [0.2, 0.25) is 5.91 Å². The van der Waals surface area contributed by atoms with Crippen LogP contribution in [0.25, 0.3) is 0 Å². The Morgan fingerprint density at radius 1 is 1.44 bits per heavy atom. The number of carboxylic acids is 1. The fourth-order valence-corrected chi connectivity index (χ4v) is 2.07. The number of anilines is 1. The van der Waals surface area contributed by atoms with E-state index in [1.807, 2.05) is 12.1 Å². The van der Waals surface area contributed by atoms with Gasteiger partial charge in [0.15, 0.2) is 0 Å². The number of β-lactam (4-membered cyclic amide) rings is 1. The molecule has 1 saturated heterocycles. The number of nitrogens with zero attached hydrogens (tertiary/aromatic N) is 1. The summed E-state index contributed by atoms with van der Waals surface area (Å²) in [5.41, 5.74) is 0.755. The molecule has 1 atom stereocenters. The third kappa shape index (κ3) is 2.09. The second-order valence-corrected chi connectivity index (χ2v) is 4.61. The van der Waals surface area contributed by atoms with Crippen LogP contribution < -0.4 is 4.90 Å². The van der Waals surface area contributed by atoms with Gasteiger partial charge in [0.25, 0.3) is 0 Å². The number of carbonyl (C=O) groups is 2. The van der Waals surface area contributed by atoms with Crippen molar-refractivity contribution in [2.24, 2.45) is 0 Å². The number of carboxylic acid groups (broad SMARTS) is 1. The van der Waals surface area contributed by atoms with E-state index >= 15 is 0 Å². The number of hydrogen-bond acceptors (Lipinski definition) is 2. The summed E-state index contributed by atoms with van der Waals surface area (Å²) in [6.45, 7) is 0. The Bertz CT molecular complexity index is 429. The summed E-state index contributed by atoms with van der Waals surface area (Å²) in [5, 5.41) is 8.70. The molecule has 5 heteroatoms. The molecular formula is C11H10BrNO3. The first-order valence-electron chi connectivity index (χ1n) is 4.87. The highest BCUT2D eigenvalue weighted by atomic mass is 79.9. The lowest BCUT2D eigenvalue weighted by Crippen LogP contribution is -2.53. The lowest BCUT2D eigenvalue weighted by molar-refractivity contribution is -0.138. The first-order valence-corrected chi connectivity index (χ1v) is 5.66. The van der Waals surface area contributed by atoms with Crippen LogP contribution in [0.15, 0.2) is 28.7 Å². The van der Waals surface area contributed by atoms with Gasteiger partial charge < -0.3 is 10.0 Å². The predicted octanol–water partition coefficient (Wildman–Crippen LogP) is 2.03. The average molecular weight is 284 g/mol. The van der Waals surface area contributed by atoms with Crippen molar-refractivity contribution in [3.8, 4) is 0 Å². The summed E-state index contributed by atoms with van der Waals surface area (Å²) in [6.07, 6.45) is 0.324. The maximum Gasteiger partial charge on any atom is 0.305 e. The van der Waals surface area contributed by atoms with E-state index in [0.29, 0.717) is 6.42 Å². The summed E-state index contributed by atoms with van der Waals surface area (Å²) in [5.74, 6) is -0.895. The zero-order valence-electron chi connectivity index (χ0n) is 8.39. The van der Waals surface area contributed by atoms with E-state index in [4.69, 9.17) is 5.11 Å². The Morgan fingerprint density at radius 2 is 2.06 bits per heavy atom. The molecule has 0 radical (unpaired) electrons. The molecule has 1 aromatic carbocycles. The molecule has 0 bridgehead atoms. The standard InChI is InChI=1S/C11H10BrNO3/c12-7-1-3-8(4-2-7)13-9(5-10(13)14)6-11(15)16/h1-4,9H,5-6H2,(H,15,16). The number of halogens is 1. The van der Waals surface area contributed by atoms with Gasteiger partial charge in [-0.05, 0) is 24.3 Å². The van der Waals surface area contributed by atoms with Crippen molar-refractivity contribution in [1.82, 2.24) is 0 Å². The molecule has 2 rings (SSSR count). The molecule has 1 fully saturated rings. The van der Waals surface area contributed by atoms with Crippen LogP contribution in [0.1, 0.15) is 12.8 Å². The van der Waals surface area contributed by atoms with Crippen molar-refractivity contribution in [3.05, 3.63) is 28.7 Å². The van der Waals surface area contributed by atoms with Gasteiger partial charge in [0.05, 0.1) is 12.5 Å². The molecule has 0 spiro atoms. The molecule has 1 N–H and O–H groups in total. The molecule has 84 valence electrons. The van der Waals surface area contributed by atoms with E-state index in [1.54, 1.807) is 17.0 Å². The van der Waals surface area contributed by atoms with Crippen LogP contribution in [-0.4, -0.2) is 23.0 Å². The zero-order chi connectivity index (χ0) is 11.7. The van der Waals surface area contributed by atoms with Crippen LogP contribution in [-0.2, 0) is 9.59 Å². The summed E-state index contributed by atoms with van der Waals surface area (Å²) in [4.78, 5) is 23.6. The number of carbonyl (C=O) groups excluding carboxylic acids is 1. The van der Waals surface area contributed by atoms with E-state index in [2.05, 4.69) is 15.9 Å². The van der Waals surface area contributed by atoms with Gasteiger partial charge in [-0.1, -0.05) is 15.9 Å². The van der Waals surface area contributed by atoms with Crippen molar-refractivity contribution in [2.45, 2.75) is 18.9 Å². The Hall–Kier alpha value is -1.36. The van der Waals surface area contributed by atoms with Crippen molar-refractivity contribution in [3.63, 3.8) is 0 Å². The molecule has 4 nitrogen and oxygen atoms in total. The quantitative estimate of drug-likeness (QED) is 0.864. The molecule has 1 amide bonds. The molecular weight excluding hydrogens is 274 g/mol. The van der Waals surface area contributed by atoms with Crippen molar-refractivity contribution in [2.75, 3.05) is 4.90 Å². The van der Waals surface area contributed by atoms with Gasteiger partial charge in [-0.25, -0.2) is 0 Å². The smallest absolute Gasteiger partial charge is 0.305 e. The lowest BCUT2D eigenvalue weighted by atomic mass is 9.97. The second-order valence-electron chi connectivity index (χ2n) is 3.70. The highest BCUT2D eigenvalue weighted by Gasteiger charge is 2.38. The monoisotopic (exact) mass is 283 g/mol. The van der Waals surface area contributed by atoms with Crippen LogP contribution in [0.3, 0.4) is 0 Å². The Balaban J connectivity index is 2.15. The van der Waals surface area contributed by atoms with Gasteiger partial charge in [-0.15, -0.1) is 0 Å². The minimum Gasteiger partial charge on any atom is -0.481 e. The fraction of sp³-hybridized carbons (Fsp3) is 0.273. The summed E-state index contributed by atoms with van der Waals surface area (Å²) >= 11 is 3.31. The highest BCUT2D eigenvalue weighted by Crippen LogP contribution is 2.30. The molecule has 0 saturated carbocycles. The molecule has 16 heavy (non-hydrogen) atoms. The van der Waals surface area contributed by atoms with Crippen LogP contribution in [0.4, 0.5) is 5.69 Å². The lowest BCUT2D eigenvalue weighted by Gasteiger charge is -2.39. The van der Waals surface area contributed by atoms with Gasteiger partial charge in [-0.3, -0.25) is 9.59 Å². The topological polar surface area (TPSA) is 57.6 Å². The second kappa shape index (κ2) is 4.25. The number of amides is 1. The minimum atomic E-state index is -0.875. The van der Waals surface area contributed by atoms with E-state index < -0.39 is 5.97 Å². The van der Waals surface area contributed by atoms with Crippen molar-refractivity contribution >= 4 is 33.5 Å². The predicted molar refractivity (Wildman–Crippen MR) is 62.3 cm³/mol. The molecule has 0 aliphatic carbocycles. The normalized spacial score (nSPS) is 19.4. The largest absolute Gasteiger partial charge is 0.481 e. The molecule has 0 aromatic heterocycles. The molecule has 1 unspecified atom stereocenters. The maximum absolute atomic E-state index is 11.4. The molecule has 1 aliphatic rings. The summed E-state index contributed by atoms with van der Waals surface area (Å²) in [7, 11) is 0. The van der Waals surface area contributed by atoms with E-state index in [1.165, 1.54) is 0 Å². The summed E-state index contributed by atoms with van der Waals surface area (Å²) in [6, 6.07) is 7.06. The fourth-order valence-electron chi connectivity index (χ4n) is 1.80. The number of hydrogen-bond donors (Lipinski definition) is 1. The third-order valence-electron chi connectivity index (χ3n) is 2.56. The highest BCUT2D eigenvalue weighted by molar-refractivity contribution is 9.10. The summed E-state index contributed by atoms with van der Waals surface area (Å²) < 4.78 is 0.930. The average Bonchev–Trinajstić information content (AvgIpc) is 2.20. The van der Waals surface area contributed by atoms with Crippen molar-refractivity contribution in [1.29, 1.82) is 0 Å². The van der Waals surface area contributed by atoms with Gasteiger partial charge in [-0.2, -0.15) is 0 Å². The van der Waals surface area contributed by atoms with Crippen LogP contribution >= 0.6 is 15.9 Å². The Labute approximate surface area is 101 Å². The molecule has 1 heterocycles. The number of benzene rings is 1. The third-order valence-corrected chi connectivity index (χ3v) is 3.09. The van der Waals surface area contributed by atoms with Crippen LogP contribution in [0, 0.1) is 0 Å². The molecule has 1 aromatic rings. The Kier molecular flexibility index (Phi) is 2.96. The van der Waals surface area contributed by atoms with E-state index in [-0.39, 0.29) is 18.4 Å². The maximum atomic E-state index is 11.4. The van der Waals surface area contributed by atoms with Gasteiger partial charge >= 0.3 is 5.97 Å².